The molecule has 1 aromatic carbocycles. The molecular weight excluding hydrogens is 230 g/mol. The van der Waals surface area contributed by atoms with Crippen LogP contribution in [0.1, 0.15) is 45.1 Å². The molecule has 0 spiro atoms. The lowest BCUT2D eigenvalue weighted by Gasteiger charge is -2.27. The summed E-state index contributed by atoms with van der Waals surface area (Å²) < 4.78 is 0. The Kier molecular flexibility index (Phi) is 3.66. The van der Waals surface area contributed by atoms with Gasteiger partial charge in [0.1, 0.15) is 0 Å². The van der Waals surface area contributed by atoms with Crippen molar-refractivity contribution in [1.29, 1.82) is 0 Å². The summed E-state index contributed by atoms with van der Waals surface area (Å²) in [5.74, 6) is 1.98. The van der Waals surface area contributed by atoms with Crippen LogP contribution in [0.2, 0.25) is 0 Å². The number of likely N-dealkylation sites (tertiary alicyclic amines) is 1. The smallest absolute Gasteiger partial charge is 0.0234 e. The topological polar surface area (TPSA) is 3.24 Å². The Hall–Kier alpha value is -0.820. The molecule has 0 amide bonds. The van der Waals surface area contributed by atoms with Crippen molar-refractivity contribution in [2.45, 2.75) is 46.1 Å². The molecule has 0 aromatic heterocycles. The van der Waals surface area contributed by atoms with Crippen molar-refractivity contribution in [1.82, 2.24) is 4.90 Å². The van der Waals surface area contributed by atoms with E-state index < -0.39 is 0 Å². The Morgan fingerprint density at radius 2 is 2.05 bits per heavy atom. The summed E-state index contributed by atoms with van der Waals surface area (Å²) >= 11 is 0. The first-order valence-corrected chi connectivity index (χ1v) is 8.04. The summed E-state index contributed by atoms with van der Waals surface area (Å²) in [5, 5.41) is 0. The van der Waals surface area contributed by atoms with Crippen molar-refractivity contribution in [3.8, 4) is 0 Å². The van der Waals surface area contributed by atoms with E-state index in [2.05, 4.69) is 49.1 Å². The van der Waals surface area contributed by atoms with Gasteiger partial charge in [0.25, 0.3) is 0 Å². The minimum absolute atomic E-state index is 0.708. The number of nitrogens with zero attached hydrogens (tertiary/aromatic N) is 1. The standard InChI is InChI=1S/C18H27N/c1-3-8-16(4-2)18-11-17(18)13-19(14-18)12-15-9-6-5-7-10-15/h5-7,9-10,16-17H,3-4,8,11-14H2,1-2H3. The van der Waals surface area contributed by atoms with Gasteiger partial charge in [-0.25, -0.2) is 0 Å². The highest BCUT2D eigenvalue weighted by Gasteiger charge is 2.62. The normalized spacial score (nSPS) is 31.2. The molecule has 0 N–H and O–H groups in total. The molecule has 1 heteroatoms. The molecule has 0 bridgehead atoms. The molecule has 1 saturated carbocycles. The van der Waals surface area contributed by atoms with Crippen molar-refractivity contribution in [2.24, 2.45) is 17.3 Å². The second kappa shape index (κ2) is 5.28. The first kappa shape index (κ1) is 13.2. The maximum atomic E-state index is 2.70. The van der Waals surface area contributed by atoms with Gasteiger partial charge in [-0.1, -0.05) is 63.4 Å². The zero-order chi connectivity index (χ0) is 13.3. The second-order valence-corrected chi connectivity index (χ2v) is 6.68. The largest absolute Gasteiger partial charge is 0.298 e. The third-order valence-electron chi connectivity index (χ3n) is 5.47. The SMILES string of the molecule is CCCC(CC)C12CC1CN(Cc1ccccc1)C2. The number of piperidine rings is 1. The van der Waals surface area contributed by atoms with Crippen LogP contribution in [0.15, 0.2) is 30.3 Å². The molecule has 0 radical (unpaired) electrons. The van der Waals surface area contributed by atoms with E-state index in [9.17, 15) is 0 Å². The molecule has 1 nitrogen and oxygen atoms in total. The van der Waals surface area contributed by atoms with Gasteiger partial charge in [-0.05, 0) is 29.2 Å². The van der Waals surface area contributed by atoms with Crippen molar-refractivity contribution in [3.63, 3.8) is 0 Å². The van der Waals surface area contributed by atoms with Gasteiger partial charge < -0.3 is 0 Å². The predicted octanol–water partition coefficient (Wildman–Crippen LogP) is 4.33. The summed E-state index contributed by atoms with van der Waals surface area (Å²) in [4.78, 5) is 2.70. The van der Waals surface area contributed by atoms with E-state index in [0.717, 1.165) is 18.4 Å². The molecule has 19 heavy (non-hydrogen) atoms. The van der Waals surface area contributed by atoms with Crippen molar-refractivity contribution in [2.75, 3.05) is 13.1 Å². The minimum atomic E-state index is 0.708. The molecule has 1 heterocycles. The van der Waals surface area contributed by atoms with Crippen LogP contribution in [0.25, 0.3) is 0 Å². The van der Waals surface area contributed by atoms with Crippen LogP contribution in [0.3, 0.4) is 0 Å². The lowest BCUT2D eigenvalue weighted by molar-refractivity contribution is 0.213. The second-order valence-electron chi connectivity index (χ2n) is 6.68. The van der Waals surface area contributed by atoms with Crippen LogP contribution in [0, 0.1) is 17.3 Å². The van der Waals surface area contributed by atoms with Crippen molar-refractivity contribution < 1.29 is 0 Å². The average molecular weight is 257 g/mol. The molecule has 1 aliphatic carbocycles. The summed E-state index contributed by atoms with van der Waals surface area (Å²) in [6.45, 7) is 8.58. The van der Waals surface area contributed by atoms with Crippen LogP contribution >= 0.6 is 0 Å². The Morgan fingerprint density at radius 1 is 1.26 bits per heavy atom. The van der Waals surface area contributed by atoms with Gasteiger partial charge in [0.05, 0.1) is 0 Å². The Labute approximate surface area is 118 Å². The summed E-state index contributed by atoms with van der Waals surface area (Å²) in [6.07, 6.45) is 5.68. The van der Waals surface area contributed by atoms with E-state index in [4.69, 9.17) is 0 Å². The van der Waals surface area contributed by atoms with Gasteiger partial charge in [0.2, 0.25) is 0 Å². The fraction of sp³-hybridized carbons (Fsp3) is 0.667. The summed E-state index contributed by atoms with van der Waals surface area (Å²) in [6, 6.07) is 11.0. The van der Waals surface area contributed by atoms with E-state index in [1.165, 1.54) is 44.3 Å². The minimum Gasteiger partial charge on any atom is -0.298 e. The highest BCUT2D eigenvalue weighted by atomic mass is 15.2. The number of rotatable bonds is 6. The number of hydrogen-bond donors (Lipinski definition) is 0. The molecular formula is C18H27N. The maximum absolute atomic E-state index is 2.70. The zero-order valence-electron chi connectivity index (χ0n) is 12.4. The highest BCUT2D eigenvalue weighted by Crippen LogP contribution is 2.64. The van der Waals surface area contributed by atoms with E-state index in [1.54, 1.807) is 0 Å². The number of fused-ring (bicyclic) bond motifs is 1. The first-order chi connectivity index (χ1) is 9.28. The van der Waals surface area contributed by atoms with Gasteiger partial charge in [-0.2, -0.15) is 0 Å². The molecule has 1 aromatic rings. The predicted molar refractivity (Wildman–Crippen MR) is 80.9 cm³/mol. The van der Waals surface area contributed by atoms with Gasteiger partial charge in [0, 0.05) is 19.6 Å². The molecule has 3 atom stereocenters. The van der Waals surface area contributed by atoms with Crippen LogP contribution in [0.5, 0.6) is 0 Å². The van der Waals surface area contributed by atoms with Crippen LogP contribution in [-0.4, -0.2) is 18.0 Å². The third-order valence-corrected chi connectivity index (χ3v) is 5.47. The Bertz CT molecular complexity index is 413. The Morgan fingerprint density at radius 3 is 2.74 bits per heavy atom. The monoisotopic (exact) mass is 257 g/mol. The fourth-order valence-corrected chi connectivity index (χ4v) is 4.47. The van der Waals surface area contributed by atoms with E-state index in [-0.39, 0.29) is 0 Å². The van der Waals surface area contributed by atoms with E-state index >= 15 is 0 Å². The molecule has 3 unspecified atom stereocenters. The van der Waals surface area contributed by atoms with E-state index in [0.29, 0.717) is 5.41 Å². The van der Waals surface area contributed by atoms with Gasteiger partial charge in [-0.15, -0.1) is 0 Å². The Balaban J connectivity index is 1.62. The van der Waals surface area contributed by atoms with Crippen LogP contribution in [-0.2, 0) is 6.54 Å². The molecule has 1 saturated heterocycles. The van der Waals surface area contributed by atoms with Gasteiger partial charge in [-0.3, -0.25) is 4.90 Å². The summed E-state index contributed by atoms with van der Waals surface area (Å²) in [7, 11) is 0. The van der Waals surface area contributed by atoms with Crippen LogP contribution < -0.4 is 0 Å². The molecule has 2 fully saturated rings. The van der Waals surface area contributed by atoms with E-state index in [1.807, 2.05) is 0 Å². The fourth-order valence-electron chi connectivity index (χ4n) is 4.47. The average Bonchev–Trinajstić information content (AvgIpc) is 3.00. The van der Waals surface area contributed by atoms with Crippen LogP contribution in [0.4, 0.5) is 0 Å². The van der Waals surface area contributed by atoms with Gasteiger partial charge >= 0.3 is 0 Å². The molecule has 104 valence electrons. The summed E-state index contributed by atoms with van der Waals surface area (Å²) in [5.41, 5.74) is 2.18. The van der Waals surface area contributed by atoms with Crippen molar-refractivity contribution in [3.05, 3.63) is 35.9 Å². The lowest BCUT2D eigenvalue weighted by atomic mass is 9.83. The maximum Gasteiger partial charge on any atom is 0.0234 e. The molecule has 2 aliphatic rings. The van der Waals surface area contributed by atoms with Crippen molar-refractivity contribution >= 4 is 0 Å². The number of benzene rings is 1. The highest BCUT2D eigenvalue weighted by molar-refractivity contribution is 5.18. The number of hydrogen-bond acceptors (Lipinski definition) is 1. The molecule has 3 rings (SSSR count). The molecule has 1 aliphatic heterocycles. The third kappa shape index (κ3) is 2.45. The lowest BCUT2D eigenvalue weighted by Crippen LogP contribution is -2.28. The first-order valence-electron chi connectivity index (χ1n) is 8.04. The quantitative estimate of drug-likeness (QED) is 0.733. The zero-order valence-corrected chi connectivity index (χ0v) is 12.4. The van der Waals surface area contributed by atoms with Gasteiger partial charge in [0.15, 0.2) is 0 Å².